The normalized spacial score (nSPS) is 10.2. The van der Waals surface area contributed by atoms with Gasteiger partial charge in [-0.1, -0.05) is 48.5 Å². The van der Waals surface area contributed by atoms with Gasteiger partial charge in [0.15, 0.2) is 6.61 Å². The standard InChI is InChI=1S/C20H15NO4/c22-12-14-8-10-16(11-9-14)20(24)25-13-19(23)21-18-7-3-5-15-4-1-2-6-17(15)18/h1-12H,13H2,(H,21,23). The fourth-order valence-electron chi connectivity index (χ4n) is 2.43. The van der Waals surface area contributed by atoms with Crippen LogP contribution >= 0.6 is 0 Å². The molecule has 0 aliphatic carbocycles. The van der Waals surface area contributed by atoms with E-state index in [-0.39, 0.29) is 5.56 Å². The molecule has 124 valence electrons. The van der Waals surface area contributed by atoms with Crippen LogP contribution in [-0.4, -0.2) is 24.8 Å². The van der Waals surface area contributed by atoms with Crippen molar-refractivity contribution in [1.29, 1.82) is 0 Å². The van der Waals surface area contributed by atoms with E-state index in [4.69, 9.17) is 4.74 Å². The molecule has 0 saturated carbocycles. The van der Waals surface area contributed by atoms with Crippen LogP contribution in [0.3, 0.4) is 0 Å². The number of aldehydes is 1. The fraction of sp³-hybridized carbons (Fsp3) is 0.0500. The highest BCUT2D eigenvalue weighted by Crippen LogP contribution is 2.22. The Kier molecular flexibility index (Phi) is 4.85. The molecular weight excluding hydrogens is 318 g/mol. The molecule has 0 heterocycles. The van der Waals surface area contributed by atoms with Gasteiger partial charge in [0.2, 0.25) is 0 Å². The molecule has 0 unspecified atom stereocenters. The minimum atomic E-state index is -0.620. The molecule has 5 heteroatoms. The first-order valence-electron chi connectivity index (χ1n) is 7.67. The molecule has 0 radical (unpaired) electrons. The van der Waals surface area contributed by atoms with Gasteiger partial charge in [-0.05, 0) is 23.6 Å². The van der Waals surface area contributed by atoms with E-state index in [2.05, 4.69) is 5.32 Å². The number of nitrogens with one attached hydrogen (secondary N) is 1. The van der Waals surface area contributed by atoms with Gasteiger partial charge in [-0.25, -0.2) is 4.79 Å². The predicted octanol–water partition coefficient (Wildman–Crippen LogP) is 3.45. The van der Waals surface area contributed by atoms with Crippen molar-refractivity contribution in [2.75, 3.05) is 11.9 Å². The first kappa shape index (κ1) is 16.4. The zero-order valence-electron chi connectivity index (χ0n) is 13.3. The molecule has 5 nitrogen and oxygen atoms in total. The third kappa shape index (κ3) is 3.90. The summed E-state index contributed by atoms with van der Waals surface area (Å²) in [4.78, 5) is 34.6. The number of benzene rings is 3. The summed E-state index contributed by atoms with van der Waals surface area (Å²) < 4.78 is 5.01. The van der Waals surface area contributed by atoms with Crippen LogP contribution in [0, 0.1) is 0 Å². The maximum atomic E-state index is 12.1. The minimum Gasteiger partial charge on any atom is -0.452 e. The summed E-state index contributed by atoms with van der Waals surface area (Å²) >= 11 is 0. The van der Waals surface area contributed by atoms with Crippen molar-refractivity contribution in [2.24, 2.45) is 0 Å². The van der Waals surface area contributed by atoms with E-state index in [1.54, 1.807) is 6.07 Å². The van der Waals surface area contributed by atoms with Crippen molar-refractivity contribution in [1.82, 2.24) is 0 Å². The van der Waals surface area contributed by atoms with Crippen molar-refractivity contribution in [3.05, 3.63) is 77.9 Å². The van der Waals surface area contributed by atoms with Crippen molar-refractivity contribution in [3.63, 3.8) is 0 Å². The van der Waals surface area contributed by atoms with E-state index in [0.29, 0.717) is 17.5 Å². The lowest BCUT2D eigenvalue weighted by Crippen LogP contribution is -2.21. The highest BCUT2D eigenvalue weighted by molar-refractivity contribution is 6.03. The summed E-state index contributed by atoms with van der Waals surface area (Å²) in [6.07, 6.45) is 0.687. The van der Waals surface area contributed by atoms with Crippen LogP contribution in [0.5, 0.6) is 0 Å². The Morgan fingerprint density at radius 2 is 1.64 bits per heavy atom. The van der Waals surface area contributed by atoms with E-state index in [0.717, 1.165) is 10.8 Å². The summed E-state index contributed by atoms with van der Waals surface area (Å²) in [5.74, 6) is -1.04. The number of fused-ring (bicyclic) bond motifs is 1. The minimum absolute atomic E-state index is 0.281. The zero-order chi connectivity index (χ0) is 17.6. The lowest BCUT2D eigenvalue weighted by atomic mass is 10.1. The van der Waals surface area contributed by atoms with Crippen LogP contribution in [0.2, 0.25) is 0 Å². The van der Waals surface area contributed by atoms with E-state index in [1.165, 1.54) is 24.3 Å². The van der Waals surface area contributed by atoms with Gasteiger partial charge in [0.1, 0.15) is 6.29 Å². The van der Waals surface area contributed by atoms with Crippen molar-refractivity contribution < 1.29 is 19.1 Å². The van der Waals surface area contributed by atoms with Gasteiger partial charge in [0.05, 0.1) is 5.56 Å². The maximum absolute atomic E-state index is 12.1. The molecule has 0 aliphatic heterocycles. The molecule has 3 aromatic carbocycles. The van der Waals surface area contributed by atoms with Gasteiger partial charge in [-0.2, -0.15) is 0 Å². The average molecular weight is 333 g/mol. The van der Waals surface area contributed by atoms with E-state index in [1.807, 2.05) is 36.4 Å². The van der Waals surface area contributed by atoms with Crippen LogP contribution in [0.1, 0.15) is 20.7 Å². The Morgan fingerprint density at radius 1 is 0.920 bits per heavy atom. The molecule has 1 N–H and O–H groups in total. The number of ether oxygens (including phenoxy) is 1. The molecule has 0 aromatic heterocycles. The SMILES string of the molecule is O=Cc1ccc(C(=O)OCC(=O)Nc2cccc3ccccc23)cc1. The average Bonchev–Trinajstić information content (AvgIpc) is 2.66. The van der Waals surface area contributed by atoms with Gasteiger partial charge in [-0.15, -0.1) is 0 Å². The first-order chi connectivity index (χ1) is 12.2. The van der Waals surface area contributed by atoms with Crippen molar-refractivity contribution >= 4 is 34.6 Å². The summed E-state index contributed by atoms with van der Waals surface area (Å²) in [5, 5.41) is 4.67. The van der Waals surface area contributed by atoms with Gasteiger partial charge < -0.3 is 10.1 Å². The Morgan fingerprint density at radius 3 is 2.40 bits per heavy atom. The fourth-order valence-corrected chi connectivity index (χ4v) is 2.43. The van der Waals surface area contributed by atoms with Gasteiger partial charge in [-0.3, -0.25) is 9.59 Å². The second-order valence-electron chi connectivity index (χ2n) is 5.39. The van der Waals surface area contributed by atoms with Crippen LogP contribution in [0.25, 0.3) is 10.8 Å². The van der Waals surface area contributed by atoms with E-state index >= 15 is 0 Å². The van der Waals surface area contributed by atoms with E-state index < -0.39 is 18.5 Å². The molecule has 0 fully saturated rings. The van der Waals surface area contributed by atoms with Gasteiger partial charge in [0, 0.05) is 16.6 Å². The predicted molar refractivity (Wildman–Crippen MR) is 94.7 cm³/mol. The summed E-state index contributed by atoms with van der Waals surface area (Å²) in [6, 6.07) is 19.3. The number of carbonyl (C=O) groups is 3. The van der Waals surface area contributed by atoms with Crippen molar-refractivity contribution in [2.45, 2.75) is 0 Å². The second-order valence-corrected chi connectivity index (χ2v) is 5.39. The van der Waals surface area contributed by atoms with Crippen LogP contribution < -0.4 is 5.32 Å². The molecule has 3 aromatic rings. The molecule has 0 atom stereocenters. The maximum Gasteiger partial charge on any atom is 0.338 e. The number of carbonyl (C=O) groups excluding carboxylic acids is 3. The molecule has 0 spiro atoms. The second kappa shape index (κ2) is 7.40. The Labute approximate surface area is 144 Å². The highest BCUT2D eigenvalue weighted by Gasteiger charge is 2.11. The van der Waals surface area contributed by atoms with Crippen LogP contribution in [0.15, 0.2) is 66.7 Å². The largest absolute Gasteiger partial charge is 0.452 e. The van der Waals surface area contributed by atoms with Crippen LogP contribution in [-0.2, 0) is 9.53 Å². The molecular formula is C20H15NO4. The zero-order valence-corrected chi connectivity index (χ0v) is 13.3. The lowest BCUT2D eigenvalue weighted by molar-refractivity contribution is -0.119. The summed E-state index contributed by atoms with van der Waals surface area (Å²) in [6.45, 7) is -0.391. The number of esters is 1. The quantitative estimate of drug-likeness (QED) is 0.573. The number of hydrogen-bond donors (Lipinski definition) is 1. The number of hydrogen-bond acceptors (Lipinski definition) is 4. The number of rotatable bonds is 5. The molecule has 0 aliphatic rings. The molecule has 3 rings (SSSR count). The third-order valence-electron chi connectivity index (χ3n) is 3.68. The Bertz CT molecular complexity index is 927. The van der Waals surface area contributed by atoms with E-state index in [9.17, 15) is 14.4 Å². The monoisotopic (exact) mass is 333 g/mol. The third-order valence-corrected chi connectivity index (χ3v) is 3.68. The summed E-state index contributed by atoms with van der Waals surface area (Å²) in [7, 11) is 0. The lowest BCUT2D eigenvalue weighted by Gasteiger charge is -2.09. The smallest absolute Gasteiger partial charge is 0.338 e. The summed E-state index contributed by atoms with van der Waals surface area (Å²) in [5.41, 5.74) is 1.41. The molecule has 0 saturated heterocycles. The van der Waals surface area contributed by atoms with Gasteiger partial charge >= 0.3 is 5.97 Å². The topological polar surface area (TPSA) is 72.5 Å². The number of anilines is 1. The molecule has 1 amide bonds. The first-order valence-corrected chi connectivity index (χ1v) is 7.67. The highest BCUT2D eigenvalue weighted by atomic mass is 16.5. The van der Waals surface area contributed by atoms with Gasteiger partial charge in [0.25, 0.3) is 5.91 Å². The van der Waals surface area contributed by atoms with Crippen LogP contribution in [0.4, 0.5) is 5.69 Å². The van der Waals surface area contributed by atoms with Crippen molar-refractivity contribution in [3.8, 4) is 0 Å². The Balaban J connectivity index is 1.62. The molecule has 0 bridgehead atoms. The Hall–Kier alpha value is -3.47. The number of amides is 1. The molecule has 25 heavy (non-hydrogen) atoms.